The van der Waals surface area contributed by atoms with Crippen LogP contribution in [0.3, 0.4) is 0 Å². The summed E-state index contributed by atoms with van der Waals surface area (Å²) in [6, 6.07) is 5.38. The number of ether oxygens (including phenoxy) is 1. The average Bonchev–Trinajstić information content (AvgIpc) is 2.46. The van der Waals surface area contributed by atoms with Crippen LogP contribution in [-0.2, 0) is 6.54 Å². The highest BCUT2D eigenvalue weighted by Gasteiger charge is 2.17. The molecule has 0 spiro atoms. The van der Waals surface area contributed by atoms with Crippen LogP contribution in [0.25, 0.3) is 0 Å². The van der Waals surface area contributed by atoms with Crippen LogP contribution in [0.5, 0.6) is 5.88 Å². The molecule has 2 heterocycles. The summed E-state index contributed by atoms with van der Waals surface area (Å²) in [5.41, 5.74) is 1.28. The van der Waals surface area contributed by atoms with Crippen LogP contribution in [0, 0.1) is 0 Å². The quantitative estimate of drug-likeness (QED) is 0.917. The van der Waals surface area contributed by atoms with E-state index in [1.807, 2.05) is 12.3 Å². The first kappa shape index (κ1) is 15.3. The van der Waals surface area contributed by atoms with E-state index in [0.717, 1.165) is 19.6 Å². The Hall–Kier alpha value is -1.13. The van der Waals surface area contributed by atoms with Crippen LogP contribution >= 0.6 is 0 Å². The Morgan fingerprint density at radius 2 is 2.20 bits per heavy atom. The number of hydrogen-bond donors (Lipinski definition) is 1. The van der Waals surface area contributed by atoms with Crippen molar-refractivity contribution in [1.29, 1.82) is 0 Å². The summed E-state index contributed by atoms with van der Waals surface area (Å²) in [5.74, 6) is 0.705. The summed E-state index contributed by atoms with van der Waals surface area (Å²) < 4.78 is 5.20. The molecule has 1 aliphatic heterocycles. The first-order valence-corrected chi connectivity index (χ1v) is 7.68. The van der Waals surface area contributed by atoms with Crippen molar-refractivity contribution in [3.8, 4) is 5.88 Å². The predicted molar refractivity (Wildman–Crippen MR) is 82.0 cm³/mol. The minimum Gasteiger partial charge on any atom is -0.481 e. The van der Waals surface area contributed by atoms with Gasteiger partial charge in [-0.2, -0.15) is 0 Å². The van der Waals surface area contributed by atoms with Crippen molar-refractivity contribution < 1.29 is 4.74 Å². The van der Waals surface area contributed by atoms with Gasteiger partial charge < -0.3 is 10.1 Å². The molecule has 4 nitrogen and oxygen atoms in total. The van der Waals surface area contributed by atoms with Crippen molar-refractivity contribution in [3.05, 3.63) is 23.9 Å². The predicted octanol–water partition coefficient (Wildman–Crippen LogP) is 2.44. The highest BCUT2D eigenvalue weighted by molar-refractivity contribution is 5.20. The molecule has 2 atom stereocenters. The van der Waals surface area contributed by atoms with Crippen molar-refractivity contribution >= 4 is 0 Å². The third-order valence-electron chi connectivity index (χ3n) is 4.10. The molecule has 4 heteroatoms. The van der Waals surface area contributed by atoms with Crippen LogP contribution < -0.4 is 10.1 Å². The fraction of sp³-hybridized carbons (Fsp3) is 0.688. The summed E-state index contributed by atoms with van der Waals surface area (Å²) in [4.78, 5) is 6.72. The van der Waals surface area contributed by atoms with Crippen LogP contribution in [0.1, 0.15) is 38.7 Å². The van der Waals surface area contributed by atoms with Gasteiger partial charge in [0.2, 0.25) is 5.88 Å². The Balaban J connectivity index is 1.96. The molecule has 0 aromatic carbocycles. The fourth-order valence-corrected chi connectivity index (χ4v) is 2.79. The van der Waals surface area contributed by atoms with E-state index in [4.69, 9.17) is 4.74 Å². The SMILES string of the molecule is CCC1CCN(Cc2ccnc(OC)c2)CCC(C)N1. The lowest BCUT2D eigenvalue weighted by Gasteiger charge is -2.32. The minimum atomic E-state index is 0.606. The Morgan fingerprint density at radius 3 is 2.95 bits per heavy atom. The zero-order valence-electron chi connectivity index (χ0n) is 12.9. The van der Waals surface area contributed by atoms with Gasteiger partial charge in [-0.1, -0.05) is 6.92 Å². The largest absolute Gasteiger partial charge is 0.481 e. The standard InChI is InChI=1S/C16H27N3O/c1-4-15-7-10-19(9-6-13(2)18-15)12-14-5-8-17-16(11-14)20-3/h5,8,11,13,15,18H,4,6-7,9-10,12H2,1-3H3. The molecule has 2 rings (SSSR count). The van der Waals surface area contributed by atoms with Gasteiger partial charge in [0, 0.05) is 30.9 Å². The minimum absolute atomic E-state index is 0.606. The van der Waals surface area contributed by atoms with Crippen LogP contribution in [0.2, 0.25) is 0 Å². The first-order chi connectivity index (χ1) is 9.71. The second kappa shape index (κ2) is 7.60. The Bertz CT molecular complexity index is 410. The number of aromatic nitrogens is 1. The van der Waals surface area contributed by atoms with E-state index in [-0.39, 0.29) is 0 Å². The molecule has 0 radical (unpaired) electrons. The molecule has 1 aromatic rings. The number of nitrogens with zero attached hydrogens (tertiary/aromatic N) is 2. The van der Waals surface area contributed by atoms with E-state index in [0.29, 0.717) is 18.0 Å². The summed E-state index contributed by atoms with van der Waals surface area (Å²) in [6.45, 7) is 7.85. The maximum atomic E-state index is 5.20. The van der Waals surface area contributed by atoms with Crippen molar-refractivity contribution in [1.82, 2.24) is 15.2 Å². The molecular weight excluding hydrogens is 250 g/mol. The monoisotopic (exact) mass is 277 g/mol. The number of pyridine rings is 1. The summed E-state index contributed by atoms with van der Waals surface area (Å²) >= 11 is 0. The van der Waals surface area contributed by atoms with Crippen LogP contribution in [0.4, 0.5) is 0 Å². The lowest BCUT2D eigenvalue weighted by atomic mass is 10.1. The smallest absolute Gasteiger partial charge is 0.213 e. The average molecular weight is 277 g/mol. The number of hydrogen-bond acceptors (Lipinski definition) is 4. The highest BCUT2D eigenvalue weighted by Crippen LogP contribution is 2.14. The second-order valence-corrected chi connectivity index (χ2v) is 5.73. The van der Waals surface area contributed by atoms with Crippen LogP contribution in [0.15, 0.2) is 18.3 Å². The van der Waals surface area contributed by atoms with Gasteiger partial charge in [-0.05, 0) is 50.9 Å². The van der Waals surface area contributed by atoms with Gasteiger partial charge in [0.1, 0.15) is 0 Å². The Kier molecular flexibility index (Phi) is 5.80. The summed E-state index contributed by atoms with van der Waals surface area (Å²) in [7, 11) is 1.67. The number of methoxy groups -OCH3 is 1. The molecular formula is C16H27N3O. The van der Waals surface area contributed by atoms with Gasteiger partial charge in [-0.15, -0.1) is 0 Å². The van der Waals surface area contributed by atoms with Gasteiger partial charge in [0.05, 0.1) is 7.11 Å². The zero-order chi connectivity index (χ0) is 14.4. The molecule has 1 aliphatic rings. The van der Waals surface area contributed by atoms with E-state index in [1.165, 1.54) is 24.8 Å². The van der Waals surface area contributed by atoms with Gasteiger partial charge >= 0.3 is 0 Å². The highest BCUT2D eigenvalue weighted by atomic mass is 16.5. The van der Waals surface area contributed by atoms with Gasteiger partial charge in [-0.25, -0.2) is 4.98 Å². The molecule has 1 saturated heterocycles. The van der Waals surface area contributed by atoms with E-state index in [9.17, 15) is 0 Å². The topological polar surface area (TPSA) is 37.4 Å². The third-order valence-corrected chi connectivity index (χ3v) is 4.10. The maximum absolute atomic E-state index is 5.20. The Labute approximate surface area is 122 Å². The van der Waals surface area contributed by atoms with E-state index in [2.05, 4.69) is 35.1 Å². The van der Waals surface area contributed by atoms with Crippen molar-refractivity contribution in [2.75, 3.05) is 20.2 Å². The van der Waals surface area contributed by atoms with Crippen molar-refractivity contribution in [3.63, 3.8) is 0 Å². The van der Waals surface area contributed by atoms with Crippen molar-refractivity contribution in [2.24, 2.45) is 0 Å². The molecule has 112 valence electrons. The second-order valence-electron chi connectivity index (χ2n) is 5.73. The lowest BCUT2D eigenvalue weighted by Crippen LogP contribution is -2.43. The maximum Gasteiger partial charge on any atom is 0.213 e. The molecule has 0 saturated carbocycles. The molecule has 1 fully saturated rings. The molecule has 2 unspecified atom stereocenters. The Morgan fingerprint density at radius 1 is 1.40 bits per heavy atom. The molecule has 0 amide bonds. The van der Waals surface area contributed by atoms with E-state index >= 15 is 0 Å². The third kappa shape index (κ3) is 4.46. The van der Waals surface area contributed by atoms with Gasteiger partial charge in [0.15, 0.2) is 0 Å². The normalized spacial score (nSPS) is 24.9. The lowest BCUT2D eigenvalue weighted by molar-refractivity contribution is 0.206. The zero-order valence-corrected chi connectivity index (χ0v) is 12.9. The molecule has 1 aromatic heterocycles. The van der Waals surface area contributed by atoms with E-state index in [1.54, 1.807) is 7.11 Å². The van der Waals surface area contributed by atoms with Gasteiger partial charge in [0.25, 0.3) is 0 Å². The molecule has 1 N–H and O–H groups in total. The van der Waals surface area contributed by atoms with Gasteiger partial charge in [-0.3, -0.25) is 4.90 Å². The molecule has 20 heavy (non-hydrogen) atoms. The fourth-order valence-electron chi connectivity index (χ4n) is 2.79. The molecule has 0 bridgehead atoms. The first-order valence-electron chi connectivity index (χ1n) is 7.68. The summed E-state index contributed by atoms with van der Waals surface area (Å²) in [6.07, 6.45) is 5.47. The van der Waals surface area contributed by atoms with Crippen molar-refractivity contribution in [2.45, 2.75) is 51.7 Å². The van der Waals surface area contributed by atoms with E-state index < -0.39 is 0 Å². The number of rotatable bonds is 4. The number of nitrogens with one attached hydrogen (secondary N) is 1. The van der Waals surface area contributed by atoms with Crippen LogP contribution in [-0.4, -0.2) is 42.2 Å². The molecule has 0 aliphatic carbocycles. The summed E-state index contributed by atoms with van der Waals surface area (Å²) in [5, 5.41) is 3.71.